The lowest BCUT2D eigenvalue weighted by atomic mass is 9.82. The van der Waals surface area contributed by atoms with Crippen LogP contribution < -0.4 is 10.6 Å². The summed E-state index contributed by atoms with van der Waals surface area (Å²) in [4.78, 5) is 2.34. The zero-order chi connectivity index (χ0) is 14.0. The van der Waals surface area contributed by atoms with Gasteiger partial charge in [0.25, 0.3) is 0 Å². The van der Waals surface area contributed by atoms with Crippen LogP contribution in [0.5, 0.6) is 0 Å². The molecule has 0 atom stereocenters. The summed E-state index contributed by atoms with van der Waals surface area (Å²) in [7, 11) is 0. The normalized spacial score (nSPS) is 19.5. The summed E-state index contributed by atoms with van der Waals surface area (Å²) in [5.74, 6) is 0.180. The van der Waals surface area contributed by atoms with Gasteiger partial charge in [0, 0.05) is 24.3 Å². The predicted molar refractivity (Wildman–Crippen MR) is 78.9 cm³/mol. The van der Waals surface area contributed by atoms with Gasteiger partial charge in [-0.1, -0.05) is 25.1 Å². The standard InChI is InChI=1S/C15H23N3O/c1-11-4-5-12(14(16)17-19)13(10-11)18-8-6-15(2,3)7-9-18/h4-5,10,19H,6-9H2,1-3H3,(H2,16,17). The van der Waals surface area contributed by atoms with Gasteiger partial charge in [0.05, 0.1) is 0 Å². The second kappa shape index (κ2) is 5.11. The van der Waals surface area contributed by atoms with E-state index in [0.29, 0.717) is 5.41 Å². The molecule has 1 fully saturated rings. The SMILES string of the molecule is Cc1ccc(C(N)=NO)c(N2CCC(C)(C)CC2)c1. The smallest absolute Gasteiger partial charge is 0.172 e. The molecule has 0 saturated carbocycles. The van der Waals surface area contributed by atoms with Crippen molar-refractivity contribution in [3.8, 4) is 0 Å². The fourth-order valence-corrected chi connectivity index (χ4v) is 2.53. The van der Waals surface area contributed by atoms with Crippen molar-refractivity contribution in [3.05, 3.63) is 29.3 Å². The number of piperidine rings is 1. The highest BCUT2D eigenvalue weighted by Gasteiger charge is 2.26. The Morgan fingerprint density at radius 2 is 1.95 bits per heavy atom. The highest BCUT2D eigenvalue weighted by molar-refractivity contribution is 6.02. The zero-order valence-electron chi connectivity index (χ0n) is 12.0. The highest BCUT2D eigenvalue weighted by atomic mass is 16.4. The first-order valence-corrected chi connectivity index (χ1v) is 6.76. The summed E-state index contributed by atoms with van der Waals surface area (Å²) in [5.41, 5.74) is 9.27. The van der Waals surface area contributed by atoms with Crippen LogP contribution in [0.3, 0.4) is 0 Å². The minimum absolute atomic E-state index is 0.180. The van der Waals surface area contributed by atoms with Crippen LogP contribution in [0.15, 0.2) is 23.4 Å². The van der Waals surface area contributed by atoms with E-state index < -0.39 is 0 Å². The Labute approximate surface area is 114 Å². The minimum Gasteiger partial charge on any atom is -0.409 e. The van der Waals surface area contributed by atoms with Gasteiger partial charge in [0.15, 0.2) is 5.84 Å². The third-order valence-corrected chi connectivity index (χ3v) is 3.99. The second-order valence-electron chi connectivity index (χ2n) is 6.16. The molecule has 1 heterocycles. The third kappa shape index (κ3) is 3.00. The van der Waals surface area contributed by atoms with Crippen LogP contribution in [0.2, 0.25) is 0 Å². The van der Waals surface area contributed by atoms with Crippen molar-refractivity contribution in [1.82, 2.24) is 0 Å². The Bertz CT molecular complexity index is 484. The number of hydrogen-bond acceptors (Lipinski definition) is 3. The fourth-order valence-electron chi connectivity index (χ4n) is 2.53. The molecule has 0 spiro atoms. The molecule has 0 aromatic heterocycles. The highest BCUT2D eigenvalue weighted by Crippen LogP contribution is 2.33. The van der Waals surface area contributed by atoms with Crippen molar-refractivity contribution < 1.29 is 5.21 Å². The predicted octanol–water partition coefficient (Wildman–Crippen LogP) is 2.72. The molecule has 0 unspecified atom stereocenters. The number of nitrogens with two attached hydrogens (primary N) is 1. The van der Waals surface area contributed by atoms with Crippen LogP contribution in [0.1, 0.15) is 37.8 Å². The van der Waals surface area contributed by atoms with Gasteiger partial charge >= 0.3 is 0 Å². The monoisotopic (exact) mass is 261 g/mol. The van der Waals surface area contributed by atoms with Gasteiger partial charge in [-0.25, -0.2) is 0 Å². The third-order valence-electron chi connectivity index (χ3n) is 3.99. The molecule has 104 valence electrons. The molecule has 4 nitrogen and oxygen atoms in total. The molecular formula is C15H23N3O. The van der Waals surface area contributed by atoms with Crippen LogP contribution >= 0.6 is 0 Å². The van der Waals surface area contributed by atoms with E-state index >= 15 is 0 Å². The summed E-state index contributed by atoms with van der Waals surface area (Å²) in [5, 5.41) is 12.0. The molecule has 0 amide bonds. The molecule has 3 N–H and O–H groups in total. The summed E-state index contributed by atoms with van der Waals surface area (Å²) >= 11 is 0. The van der Waals surface area contributed by atoms with Gasteiger partial charge in [-0.05, 0) is 42.9 Å². The van der Waals surface area contributed by atoms with E-state index in [1.54, 1.807) is 0 Å². The second-order valence-corrected chi connectivity index (χ2v) is 6.16. The molecule has 4 heteroatoms. The van der Waals surface area contributed by atoms with Gasteiger partial charge in [-0.2, -0.15) is 0 Å². The van der Waals surface area contributed by atoms with Crippen molar-refractivity contribution in [1.29, 1.82) is 0 Å². The summed E-state index contributed by atoms with van der Waals surface area (Å²) in [6, 6.07) is 6.04. The van der Waals surface area contributed by atoms with E-state index in [1.807, 2.05) is 12.1 Å². The number of aryl methyl sites for hydroxylation is 1. The molecular weight excluding hydrogens is 238 g/mol. The zero-order valence-corrected chi connectivity index (χ0v) is 12.0. The molecule has 1 aliphatic heterocycles. The average Bonchev–Trinajstić information content (AvgIpc) is 2.38. The lowest BCUT2D eigenvalue weighted by molar-refractivity contribution is 0.279. The molecule has 0 bridgehead atoms. The van der Waals surface area contributed by atoms with Crippen molar-refractivity contribution in [2.24, 2.45) is 16.3 Å². The van der Waals surface area contributed by atoms with Crippen molar-refractivity contribution in [3.63, 3.8) is 0 Å². The molecule has 0 aliphatic carbocycles. The number of benzene rings is 1. The summed E-state index contributed by atoms with van der Waals surface area (Å²) < 4.78 is 0. The van der Waals surface area contributed by atoms with Crippen LogP contribution in [0.4, 0.5) is 5.69 Å². The lowest BCUT2D eigenvalue weighted by Crippen LogP contribution is -2.38. The van der Waals surface area contributed by atoms with Gasteiger partial charge in [-0.3, -0.25) is 0 Å². The Hall–Kier alpha value is -1.71. The van der Waals surface area contributed by atoms with Crippen LogP contribution in [0, 0.1) is 12.3 Å². The van der Waals surface area contributed by atoms with Crippen molar-refractivity contribution in [2.45, 2.75) is 33.6 Å². The molecule has 1 aromatic carbocycles. The number of nitrogens with zero attached hydrogens (tertiary/aromatic N) is 2. The van der Waals surface area contributed by atoms with E-state index in [4.69, 9.17) is 10.9 Å². The lowest BCUT2D eigenvalue weighted by Gasteiger charge is -2.39. The molecule has 19 heavy (non-hydrogen) atoms. The Morgan fingerprint density at radius 1 is 1.32 bits per heavy atom. The molecule has 0 radical (unpaired) electrons. The number of hydrogen-bond donors (Lipinski definition) is 2. The first-order chi connectivity index (χ1) is 8.93. The van der Waals surface area contributed by atoms with E-state index in [2.05, 4.69) is 36.9 Å². The summed E-state index contributed by atoms with van der Waals surface area (Å²) in [6.45, 7) is 8.72. The van der Waals surface area contributed by atoms with E-state index in [1.165, 1.54) is 5.56 Å². The topological polar surface area (TPSA) is 61.9 Å². The summed E-state index contributed by atoms with van der Waals surface area (Å²) in [6.07, 6.45) is 2.33. The van der Waals surface area contributed by atoms with Crippen molar-refractivity contribution >= 4 is 11.5 Å². The number of oxime groups is 1. The fraction of sp³-hybridized carbons (Fsp3) is 0.533. The van der Waals surface area contributed by atoms with Gasteiger partial charge in [0.2, 0.25) is 0 Å². The quantitative estimate of drug-likeness (QED) is 0.372. The Kier molecular flexibility index (Phi) is 3.69. The van der Waals surface area contributed by atoms with E-state index in [9.17, 15) is 0 Å². The first kappa shape index (κ1) is 13.7. The number of amidine groups is 1. The van der Waals surface area contributed by atoms with Crippen LogP contribution in [0.25, 0.3) is 0 Å². The average molecular weight is 261 g/mol. The van der Waals surface area contributed by atoms with E-state index in [-0.39, 0.29) is 5.84 Å². The van der Waals surface area contributed by atoms with Gasteiger partial charge in [0.1, 0.15) is 0 Å². The van der Waals surface area contributed by atoms with Gasteiger partial charge in [-0.15, -0.1) is 0 Å². The van der Waals surface area contributed by atoms with Gasteiger partial charge < -0.3 is 15.8 Å². The van der Waals surface area contributed by atoms with Crippen molar-refractivity contribution in [2.75, 3.05) is 18.0 Å². The maximum atomic E-state index is 8.91. The number of anilines is 1. The largest absolute Gasteiger partial charge is 0.409 e. The Balaban J connectivity index is 2.31. The van der Waals surface area contributed by atoms with Crippen LogP contribution in [-0.2, 0) is 0 Å². The van der Waals surface area contributed by atoms with E-state index in [0.717, 1.165) is 37.2 Å². The molecule has 1 aliphatic rings. The Morgan fingerprint density at radius 3 is 2.53 bits per heavy atom. The molecule has 1 aromatic rings. The first-order valence-electron chi connectivity index (χ1n) is 6.76. The molecule has 2 rings (SSSR count). The maximum Gasteiger partial charge on any atom is 0.172 e. The number of rotatable bonds is 2. The van der Waals surface area contributed by atoms with Crippen LogP contribution in [-0.4, -0.2) is 24.1 Å². The maximum absolute atomic E-state index is 8.91. The molecule has 1 saturated heterocycles. The minimum atomic E-state index is 0.180.